The Morgan fingerprint density at radius 1 is 0.424 bits per heavy atom. The number of phenolic OH excluding ortho intramolecular Hbond substituents is 1. The summed E-state index contributed by atoms with van der Waals surface area (Å²) in [7, 11) is 0. The second-order valence-corrected chi connectivity index (χ2v) is 10.5. The lowest BCUT2D eigenvalue weighted by atomic mass is 9.89. The van der Waals surface area contributed by atoms with E-state index in [9.17, 15) is 5.11 Å². The van der Waals surface area contributed by atoms with Gasteiger partial charge in [0.1, 0.15) is 5.75 Å². The quantitative estimate of drug-likeness (QED) is 0.162. The molecule has 0 saturated heterocycles. The first-order valence-electron chi connectivity index (χ1n) is 15.1. The Bertz CT molecular complexity index is 562. The summed E-state index contributed by atoms with van der Waals surface area (Å²) in [6.45, 7) is 6.87. The Labute approximate surface area is 208 Å². The first-order valence-corrected chi connectivity index (χ1v) is 15.1. The van der Waals surface area contributed by atoms with Crippen LogP contribution in [0.2, 0.25) is 0 Å². The van der Waals surface area contributed by atoms with Gasteiger partial charge in [-0.3, -0.25) is 0 Å². The van der Waals surface area contributed by atoms with Crippen LogP contribution in [0.3, 0.4) is 0 Å². The molecule has 0 fully saturated rings. The van der Waals surface area contributed by atoms with Crippen LogP contribution in [0.4, 0.5) is 0 Å². The Hall–Kier alpha value is -0.980. The van der Waals surface area contributed by atoms with E-state index in [2.05, 4.69) is 26.8 Å². The van der Waals surface area contributed by atoms with Gasteiger partial charge in [-0.25, -0.2) is 0 Å². The molecule has 1 aromatic rings. The molecule has 0 bridgehead atoms. The Morgan fingerprint density at radius 3 is 1.24 bits per heavy atom. The molecule has 0 aliphatic rings. The maximum atomic E-state index is 10.8. The topological polar surface area (TPSA) is 20.2 Å². The highest BCUT2D eigenvalue weighted by Gasteiger charge is 2.13. The van der Waals surface area contributed by atoms with E-state index in [0.29, 0.717) is 5.75 Å². The summed E-state index contributed by atoms with van der Waals surface area (Å²) >= 11 is 0. The SMILES string of the molecule is CCCCCCCCCCc1c(O)ccc(CCCCCCC)c1CCCCCCCCC. The summed E-state index contributed by atoms with van der Waals surface area (Å²) in [5.41, 5.74) is 4.34. The van der Waals surface area contributed by atoms with E-state index in [1.165, 1.54) is 158 Å². The second kappa shape index (κ2) is 21.5. The van der Waals surface area contributed by atoms with E-state index in [4.69, 9.17) is 0 Å². The molecule has 0 atom stereocenters. The number of aromatic hydroxyl groups is 1. The molecule has 1 rings (SSSR count). The number of rotatable bonds is 23. The van der Waals surface area contributed by atoms with Crippen molar-refractivity contribution in [2.75, 3.05) is 0 Å². The van der Waals surface area contributed by atoms with Crippen molar-refractivity contribution in [1.29, 1.82) is 0 Å². The van der Waals surface area contributed by atoms with Gasteiger partial charge < -0.3 is 5.11 Å². The van der Waals surface area contributed by atoms with Gasteiger partial charge in [0.05, 0.1) is 0 Å². The minimum absolute atomic E-state index is 0.561. The second-order valence-electron chi connectivity index (χ2n) is 10.5. The molecule has 192 valence electrons. The first kappa shape index (κ1) is 30.1. The zero-order valence-corrected chi connectivity index (χ0v) is 22.9. The van der Waals surface area contributed by atoms with Crippen LogP contribution < -0.4 is 0 Å². The average molecular weight is 459 g/mol. The molecule has 0 unspecified atom stereocenters. The maximum absolute atomic E-state index is 10.8. The van der Waals surface area contributed by atoms with Crippen LogP contribution in [0, 0.1) is 0 Å². The lowest BCUT2D eigenvalue weighted by Gasteiger charge is -2.17. The van der Waals surface area contributed by atoms with Crippen molar-refractivity contribution >= 4 is 0 Å². The molecule has 0 radical (unpaired) electrons. The van der Waals surface area contributed by atoms with Gasteiger partial charge in [0.2, 0.25) is 0 Å². The van der Waals surface area contributed by atoms with E-state index in [-0.39, 0.29) is 0 Å². The van der Waals surface area contributed by atoms with Gasteiger partial charge in [-0.05, 0) is 61.3 Å². The zero-order valence-electron chi connectivity index (χ0n) is 22.9. The van der Waals surface area contributed by atoms with Crippen LogP contribution in [0.5, 0.6) is 5.75 Å². The summed E-state index contributed by atoms with van der Waals surface area (Å²) in [5.74, 6) is 0.561. The van der Waals surface area contributed by atoms with Gasteiger partial charge in [0, 0.05) is 0 Å². The standard InChI is InChI=1S/C32H58O/c1-4-7-10-13-15-17-20-23-26-31-30(25-22-19-16-14-11-8-5-2)29(27-28-32(31)33)24-21-18-12-9-6-3/h27-28,33H,4-26H2,1-3H3. The van der Waals surface area contributed by atoms with Gasteiger partial charge in [0.15, 0.2) is 0 Å². The number of phenols is 1. The zero-order chi connectivity index (χ0) is 24.0. The monoisotopic (exact) mass is 458 g/mol. The number of unbranched alkanes of at least 4 members (excludes halogenated alkanes) is 17. The number of hydrogen-bond donors (Lipinski definition) is 1. The Morgan fingerprint density at radius 2 is 0.788 bits per heavy atom. The summed E-state index contributed by atoms with van der Waals surface area (Å²) in [6.07, 6.45) is 30.4. The summed E-state index contributed by atoms with van der Waals surface area (Å²) < 4.78 is 0. The van der Waals surface area contributed by atoms with Crippen molar-refractivity contribution in [3.63, 3.8) is 0 Å². The smallest absolute Gasteiger partial charge is 0.119 e. The molecule has 0 aliphatic carbocycles. The maximum Gasteiger partial charge on any atom is 0.119 e. The molecule has 33 heavy (non-hydrogen) atoms. The average Bonchev–Trinajstić information content (AvgIpc) is 2.82. The highest BCUT2D eigenvalue weighted by Crippen LogP contribution is 2.30. The van der Waals surface area contributed by atoms with Crippen LogP contribution in [0.15, 0.2) is 12.1 Å². The normalized spacial score (nSPS) is 11.4. The molecule has 0 saturated carbocycles. The molecule has 1 aromatic carbocycles. The molecule has 1 heteroatoms. The number of hydrogen-bond acceptors (Lipinski definition) is 1. The van der Waals surface area contributed by atoms with Crippen molar-refractivity contribution in [1.82, 2.24) is 0 Å². The van der Waals surface area contributed by atoms with E-state index < -0.39 is 0 Å². The fourth-order valence-corrected chi connectivity index (χ4v) is 5.17. The molecule has 0 aliphatic heterocycles. The molecular formula is C32H58O. The highest BCUT2D eigenvalue weighted by molar-refractivity contribution is 5.45. The van der Waals surface area contributed by atoms with Crippen molar-refractivity contribution in [2.24, 2.45) is 0 Å². The van der Waals surface area contributed by atoms with Crippen LogP contribution in [-0.2, 0) is 19.3 Å². The fraction of sp³-hybridized carbons (Fsp3) is 0.812. The van der Waals surface area contributed by atoms with E-state index >= 15 is 0 Å². The first-order chi connectivity index (χ1) is 16.2. The lowest BCUT2D eigenvalue weighted by Crippen LogP contribution is -2.03. The van der Waals surface area contributed by atoms with Crippen molar-refractivity contribution in [3.05, 3.63) is 28.8 Å². The van der Waals surface area contributed by atoms with Gasteiger partial charge in [-0.1, -0.05) is 136 Å². The van der Waals surface area contributed by atoms with Crippen LogP contribution in [0.25, 0.3) is 0 Å². The molecule has 0 aromatic heterocycles. The largest absolute Gasteiger partial charge is 0.508 e. The summed E-state index contributed by atoms with van der Waals surface area (Å²) in [4.78, 5) is 0. The van der Waals surface area contributed by atoms with Gasteiger partial charge in [-0.2, -0.15) is 0 Å². The third kappa shape index (κ3) is 14.8. The molecule has 0 amide bonds. The predicted octanol–water partition coefficient (Wildman–Crippen LogP) is 10.9. The van der Waals surface area contributed by atoms with E-state index in [0.717, 1.165) is 6.42 Å². The van der Waals surface area contributed by atoms with Gasteiger partial charge >= 0.3 is 0 Å². The molecular weight excluding hydrogens is 400 g/mol. The van der Waals surface area contributed by atoms with Gasteiger partial charge in [0.25, 0.3) is 0 Å². The van der Waals surface area contributed by atoms with Crippen LogP contribution >= 0.6 is 0 Å². The number of aryl methyl sites for hydroxylation is 1. The van der Waals surface area contributed by atoms with Crippen molar-refractivity contribution in [2.45, 2.75) is 168 Å². The Balaban J connectivity index is 2.61. The van der Waals surface area contributed by atoms with E-state index in [1.54, 1.807) is 0 Å². The van der Waals surface area contributed by atoms with Gasteiger partial charge in [-0.15, -0.1) is 0 Å². The third-order valence-electron chi connectivity index (χ3n) is 7.36. The molecule has 1 N–H and O–H groups in total. The summed E-state index contributed by atoms with van der Waals surface area (Å²) in [5, 5.41) is 10.8. The van der Waals surface area contributed by atoms with Crippen LogP contribution in [-0.4, -0.2) is 5.11 Å². The predicted molar refractivity (Wildman–Crippen MR) is 149 cm³/mol. The minimum Gasteiger partial charge on any atom is -0.508 e. The Kier molecular flexibility index (Phi) is 19.6. The van der Waals surface area contributed by atoms with Crippen molar-refractivity contribution < 1.29 is 5.11 Å². The van der Waals surface area contributed by atoms with Crippen LogP contribution in [0.1, 0.15) is 166 Å². The fourth-order valence-electron chi connectivity index (χ4n) is 5.17. The molecule has 1 nitrogen and oxygen atoms in total. The third-order valence-corrected chi connectivity index (χ3v) is 7.36. The lowest BCUT2D eigenvalue weighted by molar-refractivity contribution is 0.463. The molecule has 0 spiro atoms. The highest BCUT2D eigenvalue weighted by atomic mass is 16.3. The number of benzene rings is 1. The summed E-state index contributed by atoms with van der Waals surface area (Å²) in [6, 6.07) is 4.23. The van der Waals surface area contributed by atoms with Crippen molar-refractivity contribution in [3.8, 4) is 5.75 Å². The van der Waals surface area contributed by atoms with E-state index in [1.807, 2.05) is 6.07 Å². The molecule has 0 heterocycles. The minimum atomic E-state index is 0.561.